The van der Waals surface area contributed by atoms with E-state index in [0.29, 0.717) is 30.9 Å². The summed E-state index contributed by atoms with van der Waals surface area (Å²) in [6.45, 7) is 2.76. The molecule has 2 aliphatic rings. The second kappa shape index (κ2) is 8.10. The zero-order valence-corrected chi connectivity index (χ0v) is 19.0. The van der Waals surface area contributed by atoms with Gasteiger partial charge in [-0.1, -0.05) is 54.6 Å². The minimum absolute atomic E-state index is 0.0307. The van der Waals surface area contributed by atoms with Gasteiger partial charge in [0.1, 0.15) is 5.75 Å². The Morgan fingerprint density at radius 3 is 2.35 bits per heavy atom. The van der Waals surface area contributed by atoms with Crippen molar-refractivity contribution in [2.24, 2.45) is 0 Å². The van der Waals surface area contributed by atoms with E-state index in [4.69, 9.17) is 14.2 Å². The van der Waals surface area contributed by atoms with E-state index in [-0.39, 0.29) is 12.7 Å². The maximum absolute atomic E-state index is 14.1. The van der Waals surface area contributed by atoms with Crippen molar-refractivity contribution in [1.82, 2.24) is 0 Å². The average Bonchev–Trinajstić information content (AvgIpc) is 3.50. The van der Waals surface area contributed by atoms with Gasteiger partial charge in [0.2, 0.25) is 12.7 Å². The molecule has 1 aliphatic heterocycles. The second-order valence-corrected chi connectivity index (χ2v) is 8.82. The Kier molecular flexibility index (Phi) is 4.91. The SMILES string of the molecule is CCOc1ccc(NC(=O)C2(c3ccc4c(c3)OCO4)Cc3ccccc3C2)c2ccccc12. The maximum atomic E-state index is 14.1. The third kappa shape index (κ3) is 3.27. The molecule has 170 valence electrons. The molecule has 4 aromatic carbocycles. The molecule has 0 unspecified atom stereocenters. The number of benzene rings is 4. The van der Waals surface area contributed by atoms with Crippen molar-refractivity contribution in [2.75, 3.05) is 18.7 Å². The summed E-state index contributed by atoms with van der Waals surface area (Å²) < 4.78 is 17.0. The first-order valence-electron chi connectivity index (χ1n) is 11.6. The molecule has 0 atom stereocenters. The van der Waals surface area contributed by atoms with Crippen LogP contribution in [0.4, 0.5) is 5.69 Å². The number of ether oxygens (including phenoxy) is 3. The quantitative estimate of drug-likeness (QED) is 0.427. The molecule has 1 amide bonds. The number of carbonyl (C=O) groups excluding carboxylic acids is 1. The molecular formula is C29H25NO4. The van der Waals surface area contributed by atoms with Crippen LogP contribution in [0.1, 0.15) is 23.6 Å². The number of rotatable bonds is 5. The van der Waals surface area contributed by atoms with Gasteiger partial charge in [-0.3, -0.25) is 4.79 Å². The predicted molar refractivity (Wildman–Crippen MR) is 132 cm³/mol. The van der Waals surface area contributed by atoms with E-state index in [2.05, 4.69) is 17.4 Å². The molecule has 0 aromatic heterocycles. The van der Waals surface area contributed by atoms with Gasteiger partial charge in [0.15, 0.2) is 11.5 Å². The summed E-state index contributed by atoms with van der Waals surface area (Å²) in [6, 6.07) is 26.0. The Morgan fingerprint density at radius 1 is 0.882 bits per heavy atom. The fraction of sp³-hybridized carbons (Fsp3) is 0.207. The van der Waals surface area contributed by atoms with Crippen LogP contribution < -0.4 is 19.5 Å². The van der Waals surface area contributed by atoms with Gasteiger partial charge in [-0.15, -0.1) is 0 Å². The zero-order chi connectivity index (χ0) is 23.1. The lowest BCUT2D eigenvalue weighted by Crippen LogP contribution is -2.41. The Bertz CT molecular complexity index is 1390. The average molecular weight is 452 g/mol. The summed E-state index contributed by atoms with van der Waals surface area (Å²) in [4.78, 5) is 14.1. The Balaban J connectivity index is 1.43. The molecule has 1 aliphatic carbocycles. The van der Waals surface area contributed by atoms with Crippen molar-refractivity contribution in [3.8, 4) is 17.2 Å². The fourth-order valence-corrected chi connectivity index (χ4v) is 5.21. The normalized spacial score (nSPS) is 15.2. The van der Waals surface area contributed by atoms with Crippen LogP contribution in [-0.4, -0.2) is 19.3 Å². The van der Waals surface area contributed by atoms with Gasteiger partial charge in [0.25, 0.3) is 0 Å². The minimum atomic E-state index is -0.746. The Morgan fingerprint density at radius 2 is 1.59 bits per heavy atom. The van der Waals surface area contributed by atoms with E-state index in [1.54, 1.807) is 0 Å². The van der Waals surface area contributed by atoms with E-state index in [1.807, 2.05) is 73.7 Å². The number of carbonyl (C=O) groups is 1. The van der Waals surface area contributed by atoms with Gasteiger partial charge in [-0.2, -0.15) is 0 Å². The minimum Gasteiger partial charge on any atom is -0.493 e. The van der Waals surface area contributed by atoms with Crippen LogP contribution >= 0.6 is 0 Å². The summed E-state index contributed by atoms with van der Waals surface area (Å²) >= 11 is 0. The van der Waals surface area contributed by atoms with Crippen LogP contribution in [0.15, 0.2) is 78.9 Å². The van der Waals surface area contributed by atoms with Crippen molar-refractivity contribution in [2.45, 2.75) is 25.2 Å². The lowest BCUT2D eigenvalue weighted by atomic mass is 9.76. The first kappa shape index (κ1) is 20.6. The number of anilines is 1. The van der Waals surface area contributed by atoms with Gasteiger partial charge >= 0.3 is 0 Å². The molecule has 0 saturated carbocycles. The van der Waals surface area contributed by atoms with Crippen molar-refractivity contribution in [3.05, 3.63) is 95.6 Å². The lowest BCUT2D eigenvalue weighted by Gasteiger charge is -2.29. The highest BCUT2D eigenvalue weighted by Crippen LogP contribution is 2.44. The standard InChI is InChI=1S/C29H25NO4/c1-2-32-25-14-12-24(22-9-5-6-10-23(22)25)30-28(31)29(16-19-7-3-4-8-20(19)17-29)21-11-13-26-27(15-21)34-18-33-26/h3-15H,2,16-18H2,1H3,(H,30,31). The Labute approximate surface area is 198 Å². The number of fused-ring (bicyclic) bond motifs is 3. The second-order valence-electron chi connectivity index (χ2n) is 8.82. The molecule has 0 saturated heterocycles. The van der Waals surface area contributed by atoms with E-state index in [0.717, 1.165) is 27.8 Å². The highest BCUT2D eigenvalue weighted by atomic mass is 16.7. The summed E-state index contributed by atoms with van der Waals surface area (Å²) in [6.07, 6.45) is 1.26. The topological polar surface area (TPSA) is 56.8 Å². The number of nitrogens with one attached hydrogen (secondary N) is 1. The van der Waals surface area contributed by atoms with E-state index >= 15 is 0 Å². The predicted octanol–water partition coefficient (Wildman–Crippen LogP) is 5.64. The summed E-state index contributed by atoms with van der Waals surface area (Å²) in [5.74, 6) is 2.19. The molecule has 34 heavy (non-hydrogen) atoms. The highest BCUT2D eigenvalue weighted by Gasteiger charge is 2.46. The largest absolute Gasteiger partial charge is 0.493 e. The van der Waals surface area contributed by atoms with Gasteiger partial charge in [-0.05, 0) is 60.7 Å². The van der Waals surface area contributed by atoms with E-state index in [9.17, 15) is 4.79 Å². The molecule has 5 nitrogen and oxygen atoms in total. The molecule has 6 rings (SSSR count). The van der Waals surface area contributed by atoms with Crippen molar-refractivity contribution in [3.63, 3.8) is 0 Å². The molecule has 0 radical (unpaired) electrons. The van der Waals surface area contributed by atoms with Crippen LogP contribution in [0.25, 0.3) is 10.8 Å². The number of hydrogen-bond donors (Lipinski definition) is 1. The molecule has 0 spiro atoms. The summed E-state index contributed by atoms with van der Waals surface area (Å²) in [5.41, 5.74) is 3.37. The van der Waals surface area contributed by atoms with Crippen molar-refractivity contribution in [1.29, 1.82) is 0 Å². The maximum Gasteiger partial charge on any atom is 0.235 e. The zero-order valence-electron chi connectivity index (χ0n) is 19.0. The fourth-order valence-electron chi connectivity index (χ4n) is 5.21. The third-order valence-electron chi connectivity index (χ3n) is 6.89. The molecule has 0 fully saturated rings. The molecular weight excluding hydrogens is 426 g/mol. The molecule has 5 heteroatoms. The van der Waals surface area contributed by atoms with Crippen LogP contribution in [-0.2, 0) is 23.1 Å². The third-order valence-corrected chi connectivity index (χ3v) is 6.89. The van der Waals surface area contributed by atoms with Gasteiger partial charge in [0, 0.05) is 16.5 Å². The lowest BCUT2D eigenvalue weighted by molar-refractivity contribution is -0.121. The van der Waals surface area contributed by atoms with Crippen LogP contribution in [0.3, 0.4) is 0 Å². The van der Waals surface area contributed by atoms with Crippen LogP contribution in [0.2, 0.25) is 0 Å². The molecule has 4 aromatic rings. The van der Waals surface area contributed by atoms with Crippen LogP contribution in [0, 0.1) is 0 Å². The molecule has 1 N–H and O–H groups in total. The molecule has 1 heterocycles. The smallest absolute Gasteiger partial charge is 0.235 e. The van der Waals surface area contributed by atoms with Gasteiger partial charge in [-0.25, -0.2) is 0 Å². The van der Waals surface area contributed by atoms with E-state index < -0.39 is 5.41 Å². The highest BCUT2D eigenvalue weighted by molar-refractivity contribution is 6.08. The summed E-state index contributed by atoms with van der Waals surface area (Å²) in [7, 11) is 0. The first-order chi connectivity index (χ1) is 16.7. The van der Waals surface area contributed by atoms with Crippen molar-refractivity contribution >= 4 is 22.4 Å². The van der Waals surface area contributed by atoms with Crippen LogP contribution in [0.5, 0.6) is 17.2 Å². The van der Waals surface area contributed by atoms with E-state index in [1.165, 1.54) is 11.1 Å². The monoisotopic (exact) mass is 451 g/mol. The van der Waals surface area contributed by atoms with Gasteiger partial charge in [0.05, 0.1) is 12.0 Å². The number of hydrogen-bond acceptors (Lipinski definition) is 4. The van der Waals surface area contributed by atoms with Gasteiger partial charge < -0.3 is 19.5 Å². The number of amides is 1. The first-order valence-corrected chi connectivity index (χ1v) is 11.6. The Hall–Kier alpha value is -3.99. The van der Waals surface area contributed by atoms with Crippen molar-refractivity contribution < 1.29 is 19.0 Å². The summed E-state index contributed by atoms with van der Waals surface area (Å²) in [5, 5.41) is 5.21. The molecule has 0 bridgehead atoms.